The summed E-state index contributed by atoms with van der Waals surface area (Å²) >= 11 is 0. The quantitative estimate of drug-likeness (QED) is 0.910. The fourth-order valence-electron chi connectivity index (χ4n) is 2.36. The molecule has 20 heavy (non-hydrogen) atoms. The maximum Gasteiger partial charge on any atom is 0.243 e. The SMILES string of the molecule is CC(C)(C)c1ccc(S(=O)(=O)N2CCC(O)CC2)cc1. The summed E-state index contributed by atoms with van der Waals surface area (Å²) in [4.78, 5) is 0.335. The molecule has 1 saturated heterocycles. The molecular formula is C15H23NO3S. The van der Waals surface area contributed by atoms with Gasteiger partial charge < -0.3 is 5.11 Å². The molecule has 0 bridgehead atoms. The molecule has 1 N–H and O–H groups in total. The maximum atomic E-state index is 12.5. The molecule has 0 aliphatic carbocycles. The molecule has 1 aromatic rings. The zero-order valence-electron chi connectivity index (χ0n) is 12.3. The Morgan fingerprint density at radius 1 is 1.10 bits per heavy atom. The minimum absolute atomic E-state index is 0.0114. The first-order chi connectivity index (χ1) is 9.21. The van der Waals surface area contributed by atoms with Crippen molar-refractivity contribution in [3.8, 4) is 0 Å². The number of hydrogen-bond donors (Lipinski definition) is 1. The van der Waals surface area contributed by atoms with Crippen LogP contribution in [0.4, 0.5) is 0 Å². The maximum absolute atomic E-state index is 12.5. The number of piperidine rings is 1. The molecule has 1 heterocycles. The van der Waals surface area contributed by atoms with Gasteiger partial charge in [0.05, 0.1) is 11.0 Å². The topological polar surface area (TPSA) is 57.6 Å². The highest BCUT2D eigenvalue weighted by molar-refractivity contribution is 7.89. The summed E-state index contributed by atoms with van der Waals surface area (Å²) in [5.74, 6) is 0. The van der Waals surface area contributed by atoms with Crippen LogP contribution in [-0.2, 0) is 15.4 Å². The highest BCUT2D eigenvalue weighted by Crippen LogP contribution is 2.25. The zero-order chi connectivity index (χ0) is 15.0. The van der Waals surface area contributed by atoms with Gasteiger partial charge in [0, 0.05) is 13.1 Å². The second-order valence-electron chi connectivity index (χ2n) is 6.41. The van der Waals surface area contributed by atoms with E-state index < -0.39 is 10.0 Å². The lowest BCUT2D eigenvalue weighted by Crippen LogP contribution is -2.40. The number of aliphatic hydroxyl groups is 1. The Kier molecular flexibility index (Phi) is 4.23. The van der Waals surface area contributed by atoms with E-state index in [0.29, 0.717) is 30.8 Å². The fraction of sp³-hybridized carbons (Fsp3) is 0.600. The van der Waals surface area contributed by atoms with Gasteiger partial charge in [-0.25, -0.2) is 8.42 Å². The summed E-state index contributed by atoms with van der Waals surface area (Å²) in [6, 6.07) is 7.12. The van der Waals surface area contributed by atoms with Crippen LogP contribution in [0.2, 0.25) is 0 Å². The number of sulfonamides is 1. The van der Waals surface area contributed by atoms with Gasteiger partial charge in [-0.2, -0.15) is 4.31 Å². The number of nitrogens with zero attached hydrogens (tertiary/aromatic N) is 1. The van der Waals surface area contributed by atoms with E-state index in [9.17, 15) is 13.5 Å². The highest BCUT2D eigenvalue weighted by Gasteiger charge is 2.28. The van der Waals surface area contributed by atoms with Crippen LogP contribution in [0.1, 0.15) is 39.2 Å². The van der Waals surface area contributed by atoms with Crippen molar-refractivity contribution in [1.82, 2.24) is 4.31 Å². The molecule has 0 aromatic heterocycles. The van der Waals surface area contributed by atoms with Gasteiger partial charge in [-0.15, -0.1) is 0 Å². The Morgan fingerprint density at radius 2 is 1.60 bits per heavy atom. The van der Waals surface area contributed by atoms with Crippen molar-refractivity contribution in [3.63, 3.8) is 0 Å². The van der Waals surface area contributed by atoms with Crippen LogP contribution in [0, 0.1) is 0 Å². The zero-order valence-corrected chi connectivity index (χ0v) is 13.2. The van der Waals surface area contributed by atoms with Crippen LogP contribution >= 0.6 is 0 Å². The lowest BCUT2D eigenvalue weighted by molar-refractivity contribution is 0.113. The van der Waals surface area contributed by atoms with Gasteiger partial charge in [0.15, 0.2) is 0 Å². The van der Waals surface area contributed by atoms with Crippen molar-refractivity contribution in [3.05, 3.63) is 29.8 Å². The average Bonchev–Trinajstić information content (AvgIpc) is 2.38. The molecule has 1 aliphatic rings. The lowest BCUT2D eigenvalue weighted by Gasteiger charge is -2.29. The van der Waals surface area contributed by atoms with Crippen molar-refractivity contribution in [2.45, 2.75) is 50.0 Å². The predicted octanol–water partition coefficient (Wildman–Crippen LogP) is 2.13. The van der Waals surface area contributed by atoms with E-state index in [0.717, 1.165) is 5.56 Å². The smallest absolute Gasteiger partial charge is 0.243 e. The molecule has 0 radical (unpaired) electrons. The first kappa shape index (κ1) is 15.5. The van der Waals surface area contributed by atoms with Crippen LogP contribution in [0.5, 0.6) is 0 Å². The Bertz CT molecular complexity index is 550. The highest BCUT2D eigenvalue weighted by atomic mass is 32.2. The van der Waals surface area contributed by atoms with Gasteiger partial charge >= 0.3 is 0 Å². The van der Waals surface area contributed by atoms with Gasteiger partial charge in [-0.1, -0.05) is 32.9 Å². The molecule has 0 unspecified atom stereocenters. The lowest BCUT2D eigenvalue weighted by atomic mass is 9.87. The number of rotatable bonds is 2. The molecule has 5 heteroatoms. The van der Waals surface area contributed by atoms with E-state index in [2.05, 4.69) is 20.8 Å². The van der Waals surface area contributed by atoms with Gasteiger partial charge in [-0.05, 0) is 36.0 Å². The predicted molar refractivity (Wildman–Crippen MR) is 79.1 cm³/mol. The van der Waals surface area contributed by atoms with Crippen molar-refractivity contribution in [1.29, 1.82) is 0 Å². The Balaban J connectivity index is 2.22. The first-order valence-corrected chi connectivity index (χ1v) is 8.44. The van der Waals surface area contributed by atoms with Crippen LogP contribution in [0.15, 0.2) is 29.2 Å². The summed E-state index contributed by atoms with van der Waals surface area (Å²) < 4.78 is 26.5. The summed E-state index contributed by atoms with van der Waals surface area (Å²) in [6.45, 7) is 7.09. The number of hydrogen-bond acceptors (Lipinski definition) is 3. The summed E-state index contributed by atoms with van der Waals surface area (Å²) in [7, 11) is -3.43. The Hall–Kier alpha value is -0.910. The van der Waals surface area contributed by atoms with Crippen LogP contribution in [0.3, 0.4) is 0 Å². The minimum Gasteiger partial charge on any atom is -0.393 e. The van der Waals surface area contributed by atoms with Crippen LogP contribution in [-0.4, -0.2) is 37.0 Å². The van der Waals surface area contributed by atoms with Crippen molar-refractivity contribution >= 4 is 10.0 Å². The fourth-order valence-corrected chi connectivity index (χ4v) is 3.83. The second kappa shape index (κ2) is 5.47. The normalized spacial score (nSPS) is 19.2. The van der Waals surface area contributed by atoms with E-state index in [1.54, 1.807) is 12.1 Å². The molecule has 2 rings (SSSR count). The summed E-state index contributed by atoms with van der Waals surface area (Å²) in [5, 5.41) is 9.47. The summed E-state index contributed by atoms with van der Waals surface area (Å²) in [6.07, 6.45) is 0.656. The minimum atomic E-state index is -3.43. The van der Waals surface area contributed by atoms with Crippen molar-refractivity contribution in [2.24, 2.45) is 0 Å². The molecular weight excluding hydrogens is 274 g/mol. The average molecular weight is 297 g/mol. The van der Waals surface area contributed by atoms with Crippen molar-refractivity contribution in [2.75, 3.05) is 13.1 Å². The molecule has 112 valence electrons. The van der Waals surface area contributed by atoms with Gasteiger partial charge in [0.25, 0.3) is 0 Å². The standard InChI is InChI=1S/C15H23NO3S/c1-15(2,3)12-4-6-14(7-5-12)20(18,19)16-10-8-13(17)9-11-16/h4-7,13,17H,8-11H2,1-3H3. The molecule has 1 fully saturated rings. The molecule has 1 aromatic carbocycles. The van der Waals surface area contributed by atoms with Crippen LogP contribution in [0.25, 0.3) is 0 Å². The van der Waals surface area contributed by atoms with E-state index in [1.807, 2.05) is 12.1 Å². The molecule has 4 nitrogen and oxygen atoms in total. The summed E-state index contributed by atoms with van der Waals surface area (Å²) in [5.41, 5.74) is 1.13. The molecule has 0 atom stereocenters. The van der Waals surface area contributed by atoms with Crippen LogP contribution < -0.4 is 0 Å². The van der Waals surface area contributed by atoms with E-state index in [-0.39, 0.29) is 11.5 Å². The Morgan fingerprint density at radius 3 is 2.05 bits per heavy atom. The molecule has 1 aliphatic heterocycles. The number of aliphatic hydroxyl groups excluding tert-OH is 1. The third kappa shape index (κ3) is 3.22. The molecule has 0 amide bonds. The Labute approximate surface area is 121 Å². The second-order valence-corrected chi connectivity index (χ2v) is 8.35. The third-order valence-corrected chi connectivity index (χ3v) is 5.69. The van der Waals surface area contributed by atoms with E-state index in [4.69, 9.17) is 0 Å². The van der Waals surface area contributed by atoms with E-state index >= 15 is 0 Å². The van der Waals surface area contributed by atoms with Gasteiger partial charge in [-0.3, -0.25) is 0 Å². The van der Waals surface area contributed by atoms with Gasteiger partial charge in [0.2, 0.25) is 10.0 Å². The monoisotopic (exact) mass is 297 g/mol. The number of benzene rings is 1. The molecule has 0 spiro atoms. The van der Waals surface area contributed by atoms with E-state index in [1.165, 1.54) is 4.31 Å². The first-order valence-electron chi connectivity index (χ1n) is 7.00. The largest absolute Gasteiger partial charge is 0.393 e. The third-order valence-electron chi connectivity index (χ3n) is 3.78. The molecule has 0 saturated carbocycles. The van der Waals surface area contributed by atoms with Crippen molar-refractivity contribution < 1.29 is 13.5 Å². The van der Waals surface area contributed by atoms with Gasteiger partial charge in [0.1, 0.15) is 0 Å².